The molecule has 0 aromatic rings. The Balaban J connectivity index is 1.97. The molecule has 0 aliphatic heterocycles. The van der Waals surface area contributed by atoms with Crippen LogP contribution in [0.3, 0.4) is 0 Å². The Bertz CT molecular complexity index is 287. The first kappa shape index (κ1) is 13.9. The SMILES string of the molecule is CC1CCCC(N)C1C(=O)NC1(C)CCCCC1. The van der Waals surface area contributed by atoms with Crippen LogP contribution in [0.5, 0.6) is 0 Å². The summed E-state index contributed by atoms with van der Waals surface area (Å²) in [7, 11) is 0. The molecule has 3 N–H and O–H groups in total. The van der Waals surface area contributed by atoms with Gasteiger partial charge in [-0.05, 0) is 38.5 Å². The monoisotopic (exact) mass is 252 g/mol. The van der Waals surface area contributed by atoms with Gasteiger partial charge in [0.15, 0.2) is 0 Å². The normalized spacial score (nSPS) is 36.1. The summed E-state index contributed by atoms with van der Waals surface area (Å²) in [6.45, 7) is 4.37. The zero-order chi connectivity index (χ0) is 13.2. The largest absolute Gasteiger partial charge is 0.351 e. The second kappa shape index (κ2) is 5.60. The molecule has 104 valence electrons. The van der Waals surface area contributed by atoms with Gasteiger partial charge < -0.3 is 11.1 Å². The summed E-state index contributed by atoms with van der Waals surface area (Å²) in [5.74, 6) is 0.664. The van der Waals surface area contributed by atoms with E-state index in [1.54, 1.807) is 0 Å². The molecule has 3 heteroatoms. The molecule has 0 aromatic carbocycles. The van der Waals surface area contributed by atoms with E-state index in [0.29, 0.717) is 5.92 Å². The maximum Gasteiger partial charge on any atom is 0.225 e. The van der Waals surface area contributed by atoms with E-state index in [2.05, 4.69) is 19.2 Å². The number of nitrogens with one attached hydrogen (secondary N) is 1. The molecule has 3 atom stereocenters. The highest BCUT2D eigenvalue weighted by Crippen LogP contribution is 2.32. The van der Waals surface area contributed by atoms with Crippen LogP contribution in [0.15, 0.2) is 0 Å². The van der Waals surface area contributed by atoms with E-state index in [1.165, 1.54) is 25.7 Å². The minimum Gasteiger partial charge on any atom is -0.351 e. The molecule has 2 aliphatic carbocycles. The summed E-state index contributed by atoms with van der Waals surface area (Å²) in [6.07, 6.45) is 9.34. The topological polar surface area (TPSA) is 55.1 Å². The predicted molar refractivity (Wildman–Crippen MR) is 74.1 cm³/mol. The maximum absolute atomic E-state index is 12.5. The average Bonchev–Trinajstić information content (AvgIpc) is 2.28. The van der Waals surface area contributed by atoms with Gasteiger partial charge in [0.2, 0.25) is 5.91 Å². The third-order valence-corrected chi connectivity index (χ3v) is 4.96. The molecule has 2 fully saturated rings. The third-order valence-electron chi connectivity index (χ3n) is 4.96. The molecule has 2 saturated carbocycles. The maximum atomic E-state index is 12.5. The summed E-state index contributed by atoms with van der Waals surface area (Å²) in [6, 6.07) is 0.0564. The van der Waals surface area contributed by atoms with Gasteiger partial charge in [-0.2, -0.15) is 0 Å². The number of hydrogen-bond donors (Lipinski definition) is 2. The van der Waals surface area contributed by atoms with Gasteiger partial charge in [0.25, 0.3) is 0 Å². The number of carbonyl (C=O) groups excluding carboxylic acids is 1. The number of amides is 1. The lowest BCUT2D eigenvalue weighted by molar-refractivity contribution is -0.130. The Morgan fingerprint density at radius 2 is 1.83 bits per heavy atom. The summed E-state index contributed by atoms with van der Waals surface area (Å²) >= 11 is 0. The summed E-state index contributed by atoms with van der Waals surface area (Å²) in [4.78, 5) is 12.5. The fourth-order valence-electron chi connectivity index (χ4n) is 3.75. The number of hydrogen-bond acceptors (Lipinski definition) is 2. The van der Waals surface area contributed by atoms with E-state index in [0.717, 1.165) is 25.7 Å². The fourth-order valence-corrected chi connectivity index (χ4v) is 3.75. The molecule has 0 radical (unpaired) electrons. The molecular weight excluding hydrogens is 224 g/mol. The van der Waals surface area contributed by atoms with Crippen LogP contribution in [-0.4, -0.2) is 17.5 Å². The molecule has 1 amide bonds. The zero-order valence-corrected chi connectivity index (χ0v) is 11.9. The van der Waals surface area contributed by atoms with E-state index in [4.69, 9.17) is 5.73 Å². The van der Waals surface area contributed by atoms with Crippen LogP contribution in [0.2, 0.25) is 0 Å². The quantitative estimate of drug-likeness (QED) is 0.793. The smallest absolute Gasteiger partial charge is 0.225 e. The van der Waals surface area contributed by atoms with E-state index in [-0.39, 0.29) is 23.4 Å². The molecular formula is C15H28N2O. The van der Waals surface area contributed by atoms with Gasteiger partial charge in [-0.25, -0.2) is 0 Å². The fraction of sp³-hybridized carbons (Fsp3) is 0.933. The lowest BCUT2D eigenvalue weighted by atomic mass is 9.75. The van der Waals surface area contributed by atoms with Crippen molar-refractivity contribution in [1.82, 2.24) is 5.32 Å². The van der Waals surface area contributed by atoms with Crippen LogP contribution in [0.25, 0.3) is 0 Å². The van der Waals surface area contributed by atoms with Gasteiger partial charge in [0.1, 0.15) is 0 Å². The Morgan fingerprint density at radius 1 is 1.17 bits per heavy atom. The van der Waals surface area contributed by atoms with Gasteiger partial charge in [0, 0.05) is 11.6 Å². The first-order valence-electron chi connectivity index (χ1n) is 7.59. The number of nitrogens with two attached hydrogens (primary N) is 1. The van der Waals surface area contributed by atoms with Crippen LogP contribution in [0, 0.1) is 11.8 Å². The third kappa shape index (κ3) is 3.05. The highest BCUT2D eigenvalue weighted by Gasteiger charge is 2.37. The van der Waals surface area contributed by atoms with E-state index < -0.39 is 0 Å². The van der Waals surface area contributed by atoms with Crippen LogP contribution < -0.4 is 11.1 Å². The van der Waals surface area contributed by atoms with Crippen molar-refractivity contribution >= 4 is 5.91 Å². The van der Waals surface area contributed by atoms with Gasteiger partial charge >= 0.3 is 0 Å². The summed E-state index contributed by atoms with van der Waals surface area (Å²) in [5.41, 5.74) is 6.18. The predicted octanol–water partition coefficient (Wildman–Crippen LogP) is 2.59. The van der Waals surface area contributed by atoms with Crippen molar-refractivity contribution in [3.63, 3.8) is 0 Å². The Kier molecular flexibility index (Phi) is 4.31. The second-order valence-corrected chi connectivity index (χ2v) is 6.71. The van der Waals surface area contributed by atoms with Crippen molar-refractivity contribution in [2.45, 2.75) is 76.8 Å². The van der Waals surface area contributed by atoms with Crippen molar-refractivity contribution in [2.75, 3.05) is 0 Å². The Morgan fingerprint density at radius 3 is 2.44 bits per heavy atom. The molecule has 0 bridgehead atoms. The van der Waals surface area contributed by atoms with Gasteiger partial charge in [0.05, 0.1) is 5.92 Å². The first-order chi connectivity index (χ1) is 8.52. The van der Waals surface area contributed by atoms with Crippen molar-refractivity contribution in [2.24, 2.45) is 17.6 Å². The average molecular weight is 252 g/mol. The second-order valence-electron chi connectivity index (χ2n) is 6.71. The molecule has 3 nitrogen and oxygen atoms in total. The molecule has 0 heterocycles. The number of carbonyl (C=O) groups is 1. The Hall–Kier alpha value is -0.570. The molecule has 3 unspecified atom stereocenters. The van der Waals surface area contributed by atoms with E-state index >= 15 is 0 Å². The molecule has 2 rings (SSSR count). The first-order valence-corrected chi connectivity index (χ1v) is 7.59. The summed E-state index contributed by atoms with van der Waals surface area (Å²) in [5, 5.41) is 3.31. The minimum atomic E-state index is 0.0201. The van der Waals surface area contributed by atoms with Crippen molar-refractivity contribution in [3.05, 3.63) is 0 Å². The molecule has 0 aromatic heterocycles. The summed E-state index contributed by atoms with van der Waals surface area (Å²) < 4.78 is 0. The van der Waals surface area contributed by atoms with Gasteiger partial charge in [-0.15, -0.1) is 0 Å². The van der Waals surface area contributed by atoms with E-state index in [1.807, 2.05) is 0 Å². The van der Waals surface area contributed by atoms with Crippen molar-refractivity contribution < 1.29 is 4.79 Å². The van der Waals surface area contributed by atoms with Crippen LogP contribution in [-0.2, 0) is 4.79 Å². The standard InChI is InChI=1S/C15H28N2O/c1-11-7-6-8-12(16)13(11)14(18)17-15(2)9-4-3-5-10-15/h11-13H,3-10,16H2,1-2H3,(H,17,18). The van der Waals surface area contributed by atoms with Gasteiger partial charge in [-0.1, -0.05) is 32.6 Å². The highest BCUT2D eigenvalue weighted by atomic mass is 16.2. The van der Waals surface area contributed by atoms with Crippen LogP contribution in [0.1, 0.15) is 65.2 Å². The van der Waals surface area contributed by atoms with Crippen molar-refractivity contribution in [3.8, 4) is 0 Å². The zero-order valence-electron chi connectivity index (χ0n) is 11.9. The van der Waals surface area contributed by atoms with Crippen LogP contribution >= 0.6 is 0 Å². The minimum absolute atomic E-state index is 0.0201. The molecule has 0 spiro atoms. The molecule has 2 aliphatic rings. The molecule has 0 saturated heterocycles. The highest BCUT2D eigenvalue weighted by molar-refractivity contribution is 5.80. The van der Waals surface area contributed by atoms with E-state index in [9.17, 15) is 4.79 Å². The Labute approximate surface area is 111 Å². The lowest BCUT2D eigenvalue weighted by Gasteiger charge is -2.39. The number of rotatable bonds is 2. The van der Waals surface area contributed by atoms with Gasteiger partial charge in [-0.3, -0.25) is 4.79 Å². The van der Waals surface area contributed by atoms with Crippen molar-refractivity contribution in [1.29, 1.82) is 0 Å². The van der Waals surface area contributed by atoms with Crippen LogP contribution in [0.4, 0.5) is 0 Å². The lowest BCUT2D eigenvalue weighted by Crippen LogP contribution is -2.54. The molecule has 18 heavy (non-hydrogen) atoms.